The van der Waals surface area contributed by atoms with Gasteiger partial charge in [-0.1, -0.05) is 6.58 Å². The Morgan fingerprint density at radius 2 is 2.40 bits per heavy atom. The molecule has 0 unspecified atom stereocenters. The summed E-state index contributed by atoms with van der Waals surface area (Å²) in [6.45, 7) is 5.59. The maximum atomic E-state index is 8.97. The van der Waals surface area contributed by atoms with Gasteiger partial charge in [0, 0.05) is 0 Å². The van der Waals surface area contributed by atoms with Crippen molar-refractivity contribution in [3.05, 3.63) is 23.9 Å². The first kappa shape index (κ1) is 9.62. The second-order valence-electron chi connectivity index (χ2n) is 3.19. The van der Waals surface area contributed by atoms with Crippen molar-refractivity contribution in [3.8, 4) is 6.07 Å². The van der Waals surface area contributed by atoms with Crippen LogP contribution in [0, 0.1) is 11.3 Å². The third kappa shape index (κ3) is 1.45. The van der Waals surface area contributed by atoms with Gasteiger partial charge in [-0.15, -0.1) is 0 Å². The maximum absolute atomic E-state index is 8.97. The number of nitrogens with zero attached hydrogens (tertiary/aromatic N) is 3. The fourth-order valence-corrected chi connectivity index (χ4v) is 1.88. The first-order valence-electron chi connectivity index (χ1n) is 4.25. The molecule has 15 heavy (non-hydrogen) atoms. The standard InChI is InChI=1S/C10H8N4S/c1-5(2)8-6(4-11)3-7-9(12)15-14-10(7)13-8/h3H,1,12H2,2H3. The molecule has 0 atom stereocenters. The normalized spacial score (nSPS) is 10.1. The number of anilines is 1. The molecule has 0 spiro atoms. The number of nitrogen functional groups attached to an aromatic ring is 1. The molecule has 2 N–H and O–H groups in total. The maximum Gasteiger partial charge on any atom is 0.175 e. The summed E-state index contributed by atoms with van der Waals surface area (Å²) < 4.78 is 4.09. The van der Waals surface area contributed by atoms with Crippen LogP contribution >= 0.6 is 11.5 Å². The highest BCUT2D eigenvalue weighted by atomic mass is 32.1. The highest BCUT2D eigenvalue weighted by molar-refractivity contribution is 7.11. The molecule has 0 saturated heterocycles. The van der Waals surface area contributed by atoms with Crippen LogP contribution in [0.3, 0.4) is 0 Å². The Kier molecular flexibility index (Phi) is 2.14. The van der Waals surface area contributed by atoms with Gasteiger partial charge in [-0.3, -0.25) is 0 Å². The van der Waals surface area contributed by atoms with Gasteiger partial charge >= 0.3 is 0 Å². The molecule has 74 valence electrons. The minimum absolute atomic E-state index is 0.488. The highest BCUT2D eigenvalue weighted by Crippen LogP contribution is 2.27. The van der Waals surface area contributed by atoms with Crippen molar-refractivity contribution in [2.45, 2.75) is 6.92 Å². The van der Waals surface area contributed by atoms with Gasteiger partial charge in [0.25, 0.3) is 0 Å². The summed E-state index contributed by atoms with van der Waals surface area (Å²) in [6, 6.07) is 3.80. The van der Waals surface area contributed by atoms with Crippen LogP contribution in [0.15, 0.2) is 12.6 Å². The van der Waals surface area contributed by atoms with E-state index in [0.717, 1.165) is 11.0 Å². The fourth-order valence-electron chi connectivity index (χ4n) is 1.31. The van der Waals surface area contributed by atoms with E-state index in [2.05, 4.69) is 22.0 Å². The predicted octanol–water partition coefficient (Wildman–Crippen LogP) is 2.18. The molecule has 0 aliphatic carbocycles. The van der Waals surface area contributed by atoms with Gasteiger partial charge in [-0.05, 0) is 30.1 Å². The topological polar surface area (TPSA) is 75.6 Å². The zero-order valence-corrected chi connectivity index (χ0v) is 8.93. The first-order chi connectivity index (χ1) is 7.13. The zero-order chi connectivity index (χ0) is 11.0. The molecule has 2 rings (SSSR count). The second kappa shape index (κ2) is 3.33. The summed E-state index contributed by atoms with van der Waals surface area (Å²) >= 11 is 1.18. The SMILES string of the molecule is C=C(C)c1nc2nsc(N)c2cc1C#N. The molecule has 0 aromatic carbocycles. The predicted molar refractivity (Wildman–Crippen MR) is 61.3 cm³/mol. The molecule has 0 saturated carbocycles. The van der Waals surface area contributed by atoms with E-state index in [9.17, 15) is 0 Å². The van der Waals surface area contributed by atoms with Gasteiger partial charge in [0.15, 0.2) is 5.65 Å². The van der Waals surface area contributed by atoms with Crippen molar-refractivity contribution in [3.63, 3.8) is 0 Å². The lowest BCUT2D eigenvalue weighted by Gasteiger charge is -2.01. The van der Waals surface area contributed by atoms with Crippen LogP contribution in [0.1, 0.15) is 18.2 Å². The molecule has 0 aliphatic heterocycles. The van der Waals surface area contributed by atoms with Crippen LogP contribution < -0.4 is 5.73 Å². The lowest BCUT2D eigenvalue weighted by molar-refractivity contribution is 1.28. The molecular formula is C10H8N4S. The van der Waals surface area contributed by atoms with E-state index >= 15 is 0 Å². The van der Waals surface area contributed by atoms with E-state index < -0.39 is 0 Å². The van der Waals surface area contributed by atoms with Crippen LogP contribution in [0.5, 0.6) is 0 Å². The second-order valence-corrected chi connectivity index (χ2v) is 4.00. The summed E-state index contributed by atoms with van der Waals surface area (Å²) in [6.07, 6.45) is 0. The van der Waals surface area contributed by atoms with Crippen molar-refractivity contribution < 1.29 is 0 Å². The van der Waals surface area contributed by atoms with E-state index in [1.165, 1.54) is 11.5 Å². The van der Waals surface area contributed by atoms with Gasteiger partial charge < -0.3 is 5.73 Å². The van der Waals surface area contributed by atoms with Gasteiger partial charge in [0.2, 0.25) is 0 Å². The smallest absolute Gasteiger partial charge is 0.175 e. The Morgan fingerprint density at radius 1 is 1.67 bits per heavy atom. The number of hydrogen-bond donors (Lipinski definition) is 1. The van der Waals surface area contributed by atoms with Crippen molar-refractivity contribution in [2.75, 3.05) is 5.73 Å². The highest BCUT2D eigenvalue weighted by Gasteiger charge is 2.11. The molecular weight excluding hydrogens is 208 g/mol. The average molecular weight is 216 g/mol. The lowest BCUT2D eigenvalue weighted by Crippen LogP contribution is -1.92. The minimum atomic E-state index is 0.488. The molecule has 2 aromatic rings. The largest absolute Gasteiger partial charge is 0.389 e. The Bertz CT molecular complexity index is 591. The zero-order valence-electron chi connectivity index (χ0n) is 8.11. The van der Waals surface area contributed by atoms with E-state index in [0.29, 0.717) is 21.9 Å². The van der Waals surface area contributed by atoms with Crippen LogP contribution in [-0.2, 0) is 0 Å². The average Bonchev–Trinajstić information content (AvgIpc) is 2.58. The monoisotopic (exact) mass is 216 g/mol. The third-order valence-corrected chi connectivity index (χ3v) is 2.70. The van der Waals surface area contributed by atoms with E-state index in [1.807, 2.05) is 6.92 Å². The van der Waals surface area contributed by atoms with Gasteiger partial charge in [-0.25, -0.2) is 4.98 Å². The van der Waals surface area contributed by atoms with Crippen LogP contribution in [0.25, 0.3) is 16.6 Å². The third-order valence-electron chi connectivity index (χ3n) is 2.02. The number of rotatable bonds is 1. The van der Waals surface area contributed by atoms with Crippen LogP contribution in [0.4, 0.5) is 5.00 Å². The minimum Gasteiger partial charge on any atom is -0.389 e. The number of aromatic nitrogens is 2. The molecule has 0 amide bonds. The molecule has 2 aromatic heterocycles. The molecule has 0 bridgehead atoms. The molecule has 0 fully saturated rings. The lowest BCUT2D eigenvalue weighted by atomic mass is 10.1. The Morgan fingerprint density at radius 3 is 3.00 bits per heavy atom. The van der Waals surface area contributed by atoms with Crippen molar-refractivity contribution in [1.29, 1.82) is 5.26 Å². The summed E-state index contributed by atoms with van der Waals surface area (Å²) in [5.74, 6) is 0. The van der Waals surface area contributed by atoms with Gasteiger partial charge in [-0.2, -0.15) is 9.64 Å². The number of hydrogen-bond acceptors (Lipinski definition) is 5. The quantitative estimate of drug-likeness (QED) is 0.792. The number of fused-ring (bicyclic) bond motifs is 1. The number of nitrogens with two attached hydrogens (primary N) is 1. The fraction of sp³-hybridized carbons (Fsp3) is 0.100. The van der Waals surface area contributed by atoms with Crippen molar-refractivity contribution in [2.24, 2.45) is 0 Å². The summed E-state index contributed by atoms with van der Waals surface area (Å²) in [7, 11) is 0. The molecule has 5 heteroatoms. The molecule has 0 aliphatic rings. The van der Waals surface area contributed by atoms with E-state index in [-0.39, 0.29) is 0 Å². The van der Waals surface area contributed by atoms with Crippen molar-refractivity contribution in [1.82, 2.24) is 9.36 Å². The molecule has 0 radical (unpaired) electrons. The first-order valence-corrected chi connectivity index (χ1v) is 5.02. The summed E-state index contributed by atoms with van der Waals surface area (Å²) in [4.78, 5) is 4.26. The Balaban J connectivity index is 2.84. The summed E-state index contributed by atoms with van der Waals surface area (Å²) in [5.41, 5.74) is 8.12. The number of pyridine rings is 1. The Hall–Kier alpha value is -1.93. The number of nitriles is 1. The van der Waals surface area contributed by atoms with E-state index in [4.69, 9.17) is 11.0 Å². The summed E-state index contributed by atoms with van der Waals surface area (Å²) in [5, 5.41) is 10.3. The van der Waals surface area contributed by atoms with Gasteiger partial charge in [0.1, 0.15) is 11.1 Å². The van der Waals surface area contributed by atoms with Crippen LogP contribution in [0.2, 0.25) is 0 Å². The number of allylic oxidation sites excluding steroid dienone is 1. The van der Waals surface area contributed by atoms with Crippen LogP contribution in [-0.4, -0.2) is 9.36 Å². The molecule has 2 heterocycles. The Labute approximate surface area is 90.8 Å². The van der Waals surface area contributed by atoms with Gasteiger partial charge in [0.05, 0.1) is 16.6 Å². The van der Waals surface area contributed by atoms with Crippen molar-refractivity contribution >= 4 is 33.1 Å². The molecule has 4 nitrogen and oxygen atoms in total. The van der Waals surface area contributed by atoms with E-state index in [1.54, 1.807) is 6.07 Å².